The summed E-state index contributed by atoms with van der Waals surface area (Å²) in [5.41, 5.74) is 0. The molecule has 19 heavy (non-hydrogen) atoms. The topological polar surface area (TPSA) is 79.8 Å². The second-order valence-electron chi connectivity index (χ2n) is 4.97. The van der Waals surface area contributed by atoms with Crippen LogP contribution in [0.25, 0.3) is 0 Å². The molecule has 1 aromatic heterocycles. The summed E-state index contributed by atoms with van der Waals surface area (Å²) in [6.07, 6.45) is 1.93. The quantitative estimate of drug-likeness (QED) is 0.591. The lowest BCUT2D eigenvalue weighted by molar-refractivity contribution is -0.402. The van der Waals surface area contributed by atoms with Gasteiger partial charge in [0.25, 0.3) is 5.91 Å². The lowest BCUT2D eigenvalue weighted by Gasteiger charge is -2.30. The summed E-state index contributed by atoms with van der Waals surface area (Å²) in [6, 6.07) is 2.85. The highest BCUT2D eigenvalue weighted by atomic mass is 16.6. The van der Waals surface area contributed by atoms with E-state index in [4.69, 9.17) is 4.42 Å². The minimum absolute atomic E-state index is 0.0621. The molecule has 0 atom stereocenters. The predicted molar refractivity (Wildman–Crippen MR) is 65.9 cm³/mol. The third-order valence-corrected chi connectivity index (χ3v) is 3.90. The number of rotatable bonds is 2. The number of nitrogens with zero attached hydrogens (tertiary/aromatic N) is 3. The number of hydrogen-bond donors (Lipinski definition) is 0. The molecular weight excluding hydrogens is 250 g/mol. The molecule has 1 aromatic rings. The van der Waals surface area contributed by atoms with E-state index in [-0.39, 0.29) is 23.6 Å². The van der Waals surface area contributed by atoms with Gasteiger partial charge in [-0.15, -0.1) is 0 Å². The van der Waals surface area contributed by atoms with E-state index in [0.717, 1.165) is 32.5 Å². The predicted octanol–water partition coefficient (Wildman–Crippen LogP) is 1.11. The molecule has 0 radical (unpaired) electrons. The molecule has 7 nitrogen and oxygen atoms in total. The molecule has 0 spiro atoms. The van der Waals surface area contributed by atoms with Crippen molar-refractivity contribution in [1.29, 1.82) is 0 Å². The van der Waals surface area contributed by atoms with Crippen LogP contribution in [0.2, 0.25) is 0 Å². The van der Waals surface area contributed by atoms with E-state index in [1.54, 1.807) is 4.90 Å². The summed E-state index contributed by atoms with van der Waals surface area (Å²) < 4.78 is 5.00. The van der Waals surface area contributed by atoms with Gasteiger partial charge in [0.15, 0.2) is 5.76 Å². The van der Waals surface area contributed by atoms with E-state index < -0.39 is 4.92 Å². The first-order valence-corrected chi connectivity index (χ1v) is 6.43. The molecule has 4 rings (SSSR count). The van der Waals surface area contributed by atoms with Crippen LogP contribution in [0, 0.1) is 10.1 Å². The average molecular weight is 265 g/mol. The third-order valence-electron chi connectivity index (χ3n) is 3.90. The Bertz CT molecular complexity index is 505. The number of fused-ring (bicyclic) bond motifs is 4. The van der Waals surface area contributed by atoms with Crippen LogP contribution in [-0.4, -0.2) is 52.9 Å². The Morgan fingerprint density at radius 3 is 2.63 bits per heavy atom. The van der Waals surface area contributed by atoms with E-state index in [1.807, 2.05) is 0 Å². The molecule has 1 amide bonds. The maximum atomic E-state index is 12.4. The summed E-state index contributed by atoms with van der Waals surface area (Å²) in [5.74, 6) is -0.555. The van der Waals surface area contributed by atoms with Crippen molar-refractivity contribution in [3.05, 3.63) is 28.0 Å². The van der Waals surface area contributed by atoms with Crippen LogP contribution in [0.15, 0.2) is 16.5 Å². The summed E-state index contributed by atoms with van der Waals surface area (Å²) in [5, 5.41) is 10.6. The highest BCUT2D eigenvalue weighted by molar-refractivity contribution is 5.92. The van der Waals surface area contributed by atoms with Gasteiger partial charge in [-0.1, -0.05) is 0 Å². The molecule has 7 heteroatoms. The van der Waals surface area contributed by atoms with Gasteiger partial charge in [0, 0.05) is 32.2 Å². The van der Waals surface area contributed by atoms with Crippen LogP contribution in [-0.2, 0) is 0 Å². The Balaban J connectivity index is 1.80. The van der Waals surface area contributed by atoms with Crippen molar-refractivity contribution >= 4 is 11.8 Å². The maximum absolute atomic E-state index is 12.4. The van der Waals surface area contributed by atoms with Crippen LogP contribution in [0.1, 0.15) is 23.4 Å². The van der Waals surface area contributed by atoms with E-state index >= 15 is 0 Å². The van der Waals surface area contributed by atoms with Gasteiger partial charge in [-0.25, -0.2) is 0 Å². The zero-order valence-corrected chi connectivity index (χ0v) is 10.4. The zero-order chi connectivity index (χ0) is 13.4. The Morgan fingerprint density at radius 1 is 1.26 bits per heavy atom. The fourth-order valence-electron chi connectivity index (χ4n) is 2.84. The molecule has 0 saturated carbocycles. The molecule has 0 aromatic carbocycles. The lowest BCUT2D eigenvalue weighted by atomic mass is 10.1. The fourth-order valence-corrected chi connectivity index (χ4v) is 2.84. The summed E-state index contributed by atoms with van der Waals surface area (Å²) in [7, 11) is 0. The van der Waals surface area contributed by atoms with Gasteiger partial charge in [0.2, 0.25) is 0 Å². The van der Waals surface area contributed by atoms with Crippen molar-refractivity contribution in [2.24, 2.45) is 0 Å². The van der Waals surface area contributed by atoms with Gasteiger partial charge < -0.3 is 14.2 Å². The Hall–Kier alpha value is -1.89. The smallest absolute Gasteiger partial charge is 0.395 e. The molecule has 0 unspecified atom stereocenters. The summed E-state index contributed by atoms with van der Waals surface area (Å²) in [6.45, 7) is 3.57. The van der Waals surface area contributed by atoms with Gasteiger partial charge in [0.1, 0.15) is 4.92 Å². The van der Waals surface area contributed by atoms with E-state index in [1.165, 1.54) is 12.1 Å². The monoisotopic (exact) mass is 265 g/mol. The molecule has 3 fully saturated rings. The summed E-state index contributed by atoms with van der Waals surface area (Å²) >= 11 is 0. The van der Waals surface area contributed by atoms with Gasteiger partial charge >= 0.3 is 5.88 Å². The number of carbonyl (C=O) groups is 1. The van der Waals surface area contributed by atoms with Crippen LogP contribution >= 0.6 is 0 Å². The minimum Gasteiger partial charge on any atom is -0.395 e. The van der Waals surface area contributed by atoms with E-state index in [0.29, 0.717) is 6.54 Å². The second-order valence-corrected chi connectivity index (χ2v) is 4.97. The highest BCUT2D eigenvalue weighted by Gasteiger charge is 2.33. The zero-order valence-electron chi connectivity index (χ0n) is 10.4. The average Bonchev–Trinajstić information content (AvgIpc) is 2.72. The molecule has 3 saturated heterocycles. The molecule has 2 bridgehead atoms. The Kier molecular flexibility index (Phi) is 2.98. The first kappa shape index (κ1) is 12.2. The largest absolute Gasteiger partial charge is 0.433 e. The van der Waals surface area contributed by atoms with Crippen molar-refractivity contribution < 1.29 is 14.1 Å². The van der Waals surface area contributed by atoms with Crippen molar-refractivity contribution in [3.63, 3.8) is 0 Å². The van der Waals surface area contributed by atoms with Gasteiger partial charge in [-0.3, -0.25) is 14.9 Å². The Morgan fingerprint density at radius 2 is 2.00 bits per heavy atom. The van der Waals surface area contributed by atoms with Gasteiger partial charge in [-0.2, -0.15) is 0 Å². The van der Waals surface area contributed by atoms with Crippen LogP contribution in [0.5, 0.6) is 0 Å². The highest BCUT2D eigenvalue weighted by Crippen LogP contribution is 2.24. The number of furan rings is 1. The van der Waals surface area contributed by atoms with Crippen molar-refractivity contribution in [3.8, 4) is 0 Å². The molecule has 3 aliphatic rings. The number of nitro groups is 1. The van der Waals surface area contributed by atoms with Crippen LogP contribution in [0.3, 0.4) is 0 Å². The van der Waals surface area contributed by atoms with Gasteiger partial charge in [-0.05, 0) is 18.9 Å². The molecule has 4 heterocycles. The minimum atomic E-state index is -0.628. The molecule has 3 aliphatic heterocycles. The van der Waals surface area contributed by atoms with Crippen molar-refractivity contribution in [2.45, 2.75) is 18.9 Å². The van der Waals surface area contributed by atoms with Crippen LogP contribution < -0.4 is 0 Å². The normalized spacial score (nSPS) is 26.2. The number of hydrogen-bond acceptors (Lipinski definition) is 5. The maximum Gasteiger partial charge on any atom is 0.433 e. The standard InChI is InChI=1S/C12H15N3O4/c16-12(10-1-2-11(19-10)15(17)18)14-8-7-13-5-3-9(14)4-6-13/h1-2,9H,3-8H2. The third kappa shape index (κ3) is 2.21. The second kappa shape index (κ2) is 4.65. The molecule has 0 aliphatic carbocycles. The van der Waals surface area contributed by atoms with E-state index in [9.17, 15) is 14.9 Å². The van der Waals surface area contributed by atoms with E-state index in [2.05, 4.69) is 4.90 Å². The SMILES string of the molecule is O=C(c1ccc([N+](=O)[O-])o1)N1CCN2CCC1CC2. The van der Waals surface area contributed by atoms with Crippen molar-refractivity contribution in [2.75, 3.05) is 26.2 Å². The molecule has 102 valence electrons. The first-order chi connectivity index (χ1) is 9.15. The number of amides is 1. The lowest BCUT2D eigenvalue weighted by Crippen LogP contribution is -2.41. The number of piperidine rings is 1. The summed E-state index contributed by atoms with van der Waals surface area (Å²) in [4.78, 5) is 26.5. The first-order valence-electron chi connectivity index (χ1n) is 6.43. The molecule has 0 N–H and O–H groups in total. The van der Waals surface area contributed by atoms with Crippen molar-refractivity contribution in [1.82, 2.24) is 9.80 Å². The Labute approximate surface area is 109 Å². The van der Waals surface area contributed by atoms with Gasteiger partial charge in [0.05, 0.1) is 6.07 Å². The fraction of sp³-hybridized carbons (Fsp3) is 0.583. The van der Waals surface area contributed by atoms with Crippen LogP contribution in [0.4, 0.5) is 5.88 Å². The molecular formula is C12H15N3O4. The number of carbonyl (C=O) groups excluding carboxylic acids is 1.